The first-order valence-electron chi connectivity index (χ1n) is 8.28. The van der Waals surface area contributed by atoms with Gasteiger partial charge in [0.1, 0.15) is 5.65 Å². The fraction of sp³-hybridized carbons (Fsp3) is 0.294. The summed E-state index contributed by atoms with van der Waals surface area (Å²) in [7, 11) is 0. The van der Waals surface area contributed by atoms with Gasteiger partial charge in [-0.05, 0) is 12.1 Å². The van der Waals surface area contributed by atoms with Crippen LogP contribution in [0.15, 0.2) is 30.7 Å². The lowest BCUT2D eigenvalue weighted by Gasteiger charge is -2.20. The lowest BCUT2D eigenvalue weighted by atomic mass is 10.1. The summed E-state index contributed by atoms with van der Waals surface area (Å²) >= 11 is 0. The summed E-state index contributed by atoms with van der Waals surface area (Å²) in [5.74, 6) is 0.0409. The van der Waals surface area contributed by atoms with Gasteiger partial charge in [-0.2, -0.15) is 0 Å². The third-order valence-electron chi connectivity index (χ3n) is 4.52. The molecule has 26 heavy (non-hydrogen) atoms. The largest absolute Gasteiger partial charge is 0.389 e. The number of aliphatic hydroxyl groups is 1. The van der Waals surface area contributed by atoms with Gasteiger partial charge in [0.2, 0.25) is 11.9 Å². The SMILES string of the molecule is CC(=O)N[C@@H]1CN(c2ccnc3[nH]cc(-c4ccnc(N)n4)c23)C[C@H]1O. The van der Waals surface area contributed by atoms with Crippen molar-refractivity contribution in [1.82, 2.24) is 25.3 Å². The minimum absolute atomic E-state index is 0.158. The Kier molecular flexibility index (Phi) is 3.92. The van der Waals surface area contributed by atoms with Gasteiger partial charge in [-0.3, -0.25) is 4.79 Å². The Labute approximate surface area is 149 Å². The molecule has 5 N–H and O–H groups in total. The quantitative estimate of drug-likeness (QED) is 0.532. The maximum atomic E-state index is 11.3. The first-order chi connectivity index (χ1) is 12.5. The second-order valence-electron chi connectivity index (χ2n) is 6.34. The van der Waals surface area contributed by atoms with Crippen LogP contribution in [0.3, 0.4) is 0 Å². The topological polar surface area (TPSA) is 133 Å². The van der Waals surface area contributed by atoms with Crippen LogP contribution in [0.2, 0.25) is 0 Å². The normalized spacial score (nSPS) is 19.8. The van der Waals surface area contributed by atoms with E-state index in [-0.39, 0.29) is 17.9 Å². The van der Waals surface area contributed by atoms with Gasteiger partial charge < -0.3 is 26.0 Å². The number of nitrogens with one attached hydrogen (secondary N) is 2. The number of nitrogen functional groups attached to an aromatic ring is 1. The van der Waals surface area contributed by atoms with Crippen LogP contribution >= 0.6 is 0 Å². The van der Waals surface area contributed by atoms with Crippen LogP contribution in [0, 0.1) is 0 Å². The molecule has 0 unspecified atom stereocenters. The molecule has 0 aromatic carbocycles. The number of aromatic amines is 1. The number of nitrogens with zero attached hydrogens (tertiary/aromatic N) is 4. The number of pyridine rings is 1. The zero-order chi connectivity index (χ0) is 18.3. The van der Waals surface area contributed by atoms with Gasteiger partial charge in [0, 0.05) is 44.2 Å². The summed E-state index contributed by atoms with van der Waals surface area (Å²) in [6, 6.07) is 3.37. The molecule has 1 fully saturated rings. The maximum absolute atomic E-state index is 11.3. The predicted octanol–water partition coefficient (Wildman–Crippen LogP) is 0.288. The van der Waals surface area contributed by atoms with Crippen LogP contribution in [0.5, 0.6) is 0 Å². The van der Waals surface area contributed by atoms with Gasteiger partial charge >= 0.3 is 0 Å². The van der Waals surface area contributed by atoms with E-state index in [2.05, 4.69) is 25.3 Å². The fourth-order valence-electron chi connectivity index (χ4n) is 3.41. The van der Waals surface area contributed by atoms with Crippen LogP contribution in [0.4, 0.5) is 11.6 Å². The molecule has 0 aliphatic carbocycles. The summed E-state index contributed by atoms with van der Waals surface area (Å²) in [5, 5.41) is 14.0. The molecule has 2 atom stereocenters. The molecular weight excluding hydrogens is 334 g/mol. The van der Waals surface area contributed by atoms with E-state index < -0.39 is 6.10 Å². The summed E-state index contributed by atoms with van der Waals surface area (Å²) in [4.78, 5) is 29.2. The number of carbonyl (C=O) groups excluding carboxylic acids is 1. The number of hydrogen-bond acceptors (Lipinski definition) is 7. The average molecular weight is 353 g/mol. The van der Waals surface area contributed by atoms with Gasteiger partial charge in [-0.15, -0.1) is 0 Å². The summed E-state index contributed by atoms with van der Waals surface area (Å²) in [6.07, 6.45) is 4.52. The Bertz CT molecular complexity index is 971. The maximum Gasteiger partial charge on any atom is 0.220 e. The fourth-order valence-corrected chi connectivity index (χ4v) is 3.41. The third-order valence-corrected chi connectivity index (χ3v) is 4.52. The number of hydrogen-bond donors (Lipinski definition) is 4. The van der Waals surface area contributed by atoms with Crippen molar-refractivity contribution < 1.29 is 9.90 Å². The molecule has 0 radical (unpaired) electrons. The van der Waals surface area contributed by atoms with Crippen LogP contribution < -0.4 is 16.0 Å². The molecule has 4 rings (SSSR count). The van der Waals surface area contributed by atoms with Crippen molar-refractivity contribution in [3.05, 3.63) is 30.7 Å². The highest BCUT2D eigenvalue weighted by molar-refractivity contribution is 6.02. The molecule has 9 heteroatoms. The Hall–Kier alpha value is -3.20. The van der Waals surface area contributed by atoms with Gasteiger partial charge in [-0.25, -0.2) is 15.0 Å². The monoisotopic (exact) mass is 353 g/mol. The molecule has 3 aromatic rings. The van der Waals surface area contributed by atoms with Crippen LogP contribution in [-0.2, 0) is 4.79 Å². The second-order valence-corrected chi connectivity index (χ2v) is 6.34. The van der Waals surface area contributed by atoms with E-state index in [0.29, 0.717) is 24.4 Å². The summed E-state index contributed by atoms with van der Waals surface area (Å²) in [6.45, 7) is 2.38. The lowest BCUT2D eigenvalue weighted by Crippen LogP contribution is -2.41. The van der Waals surface area contributed by atoms with Gasteiger partial charge in [0.25, 0.3) is 0 Å². The van der Waals surface area contributed by atoms with Crippen LogP contribution in [-0.4, -0.2) is 56.2 Å². The number of fused-ring (bicyclic) bond motifs is 1. The number of nitrogens with two attached hydrogens (primary N) is 1. The van der Waals surface area contributed by atoms with E-state index >= 15 is 0 Å². The van der Waals surface area contributed by atoms with E-state index in [4.69, 9.17) is 5.73 Å². The molecule has 1 saturated heterocycles. The van der Waals surface area contributed by atoms with Crippen molar-refractivity contribution in [3.8, 4) is 11.3 Å². The second kappa shape index (κ2) is 6.26. The van der Waals surface area contributed by atoms with E-state index in [9.17, 15) is 9.90 Å². The molecule has 1 aliphatic heterocycles. The van der Waals surface area contributed by atoms with Gasteiger partial charge in [-0.1, -0.05) is 0 Å². The van der Waals surface area contributed by atoms with Gasteiger partial charge in [0.15, 0.2) is 0 Å². The first-order valence-corrected chi connectivity index (χ1v) is 8.28. The molecule has 0 spiro atoms. The zero-order valence-corrected chi connectivity index (χ0v) is 14.2. The van der Waals surface area contributed by atoms with Crippen molar-refractivity contribution in [1.29, 1.82) is 0 Å². The molecule has 0 bridgehead atoms. The number of H-pyrrole nitrogens is 1. The van der Waals surface area contributed by atoms with Crippen molar-refractivity contribution in [3.63, 3.8) is 0 Å². The van der Waals surface area contributed by atoms with Gasteiger partial charge in [0.05, 0.1) is 28.9 Å². The first kappa shape index (κ1) is 16.3. The van der Waals surface area contributed by atoms with Crippen molar-refractivity contribution in [2.75, 3.05) is 23.7 Å². The molecule has 4 heterocycles. The minimum Gasteiger partial charge on any atom is -0.389 e. The number of aromatic nitrogens is 4. The van der Waals surface area contributed by atoms with E-state index in [1.165, 1.54) is 6.92 Å². The van der Waals surface area contributed by atoms with Crippen LogP contribution in [0.1, 0.15) is 6.92 Å². The third kappa shape index (κ3) is 2.82. The van der Waals surface area contributed by atoms with Crippen LogP contribution in [0.25, 0.3) is 22.3 Å². The number of aliphatic hydroxyl groups excluding tert-OH is 1. The highest BCUT2D eigenvalue weighted by Gasteiger charge is 2.33. The van der Waals surface area contributed by atoms with E-state index in [1.807, 2.05) is 17.2 Å². The van der Waals surface area contributed by atoms with Crippen molar-refractivity contribution in [2.45, 2.75) is 19.1 Å². The lowest BCUT2D eigenvalue weighted by molar-refractivity contribution is -0.120. The summed E-state index contributed by atoms with van der Waals surface area (Å²) in [5.41, 5.74) is 8.89. The Morgan fingerprint density at radius 3 is 2.92 bits per heavy atom. The van der Waals surface area contributed by atoms with Crippen molar-refractivity contribution in [2.24, 2.45) is 0 Å². The molecule has 0 saturated carbocycles. The highest BCUT2D eigenvalue weighted by Crippen LogP contribution is 2.35. The number of carbonyl (C=O) groups is 1. The smallest absolute Gasteiger partial charge is 0.220 e. The Balaban J connectivity index is 1.77. The standard InChI is InChI=1S/C17H19N7O2/c1-9(25)22-12-7-24(8-14(12)26)13-3-5-19-16-15(13)10(6-21-16)11-2-4-20-17(18)23-11/h2-6,12,14,26H,7-8H2,1H3,(H,19,21)(H,22,25)(H2,18,20,23)/t12-,14-/m1/s1. The average Bonchev–Trinajstić information content (AvgIpc) is 3.18. The van der Waals surface area contributed by atoms with Crippen molar-refractivity contribution >= 4 is 28.6 Å². The number of amides is 1. The zero-order valence-electron chi connectivity index (χ0n) is 14.2. The van der Waals surface area contributed by atoms with E-state index in [0.717, 1.165) is 16.6 Å². The summed E-state index contributed by atoms with van der Waals surface area (Å²) < 4.78 is 0. The Morgan fingerprint density at radius 2 is 2.15 bits per heavy atom. The Morgan fingerprint density at radius 1 is 1.35 bits per heavy atom. The predicted molar refractivity (Wildman–Crippen MR) is 97.4 cm³/mol. The minimum atomic E-state index is -0.640. The number of anilines is 2. The molecule has 134 valence electrons. The molecule has 3 aromatic heterocycles. The number of rotatable bonds is 3. The molecule has 1 aliphatic rings. The highest BCUT2D eigenvalue weighted by atomic mass is 16.3. The van der Waals surface area contributed by atoms with E-state index in [1.54, 1.807) is 18.5 Å². The molecule has 1 amide bonds. The number of β-amino-alcohol motifs (C(OH)–C–C–N with tert-alkyl or cyclic N) is 1. The molecular formula is C17H19N7O2. The molecule has 9 nitrogen and oxygen atoms in total.